The Morgan fingerprint density at radius 1 is 0.958 bits per heavy atom. The van der Waals surface area contributed by atoms with Crippen molar-refractivity contribution in [1.29, 1.82) is 0 Å². The van der Waals surface area contributed by atoms with Gasteiger partial charge in [-0.25, -0.2) is 0 Å². The highest BCUT2D eigenvalue weighted by molar-refractivity contribution is 5.78. The minimum absolute atomic E-state index is 0.0522. The fourth-order valence-electron chi connectivity index (χ4n) is 2.47. The molecule has 0 fully saturated rings. The first-order valence-corrected chi connectivity index (χ1v) is 7.95. The van der Waals surface area contributed by atoms with Gasteiger partial charge in [0.15, 0.2) is 11.5 Å². The zero-order valence-electron chi connectivity index (χ0n) is 15.1. The number of rotatable bonds is 6. The van der Waals surface area contributed by atoms with Crippen LogP contribution in [0.25, 0.3) is 0 Å². The molecule has 0 aliphatic carbocycles. The van der Waals surface area contributed by atoms with Crippen molar-refractivity contribution < 1.29 is 19.0 Å². The highest BCUT2D eigenvalue weighted by atomic mass is 16.5. The number of hydrogen-bond acceptors (Lipinski definition) is 4. The first-order valence-electron chi connectivity index (χ1n) is 7.95. The molecule has 4 heteroatoms. The van der Waals surface area contributed by atoms with Crippen molar-refractivity contribution in [3.05, 3.63) is 46.5 Å². The van der Waals surface area contributed by atoms with Crippen LogP contribution in [0.3, 0.4) is 0 Å². The van der Waals surface area contributed by atoms with E-state index >= 15 is 0 Å². The quantitative estimate of drug-likeness (QED) is 0.699. The highest BCUT2D eigenvalue weighted by Gasteiger charge is 2.18. The molecule has 0 atom stereocenters. The van der Waals surface area contributed by atoms with E-state index in [4.69, 9.17) is 14.2 Å². The molecule has 0 radical (unpaired) electrons. The summed E-state index contributed by atoms with van der Waals surface area (Å²) in [6.07, 6.45) is 0.715. The Labute approximate surface area is 143 Å². The van der Waals surface area contributed by atoms with Gasteiger partial charge in [0.25, 0.3) is 0 Å². The summed E-state index contributed by atoms with van der Waals surface area (Å²) in [4.78, 5) is 11.2. The van der Waals surface area contributed by atoms with Crippen LogP contribution in [0, 0.1) is 20.8 Å². The van der Waals surface area contributed by atoms with Gasteiger partial charge in [0.1, 0.15) is 12.0 Å². The molecule has 0 saturated heterocycles. The Morgan fingerprint density at radius 2 is 1.62 bits per heavy atom. The molecule has 0 N–H and O–H groups in total. The Morgan fingerprint density at radius 3 is 2.21 bits per heavy atom. The lowest BCUT2D eigenvalue weighted by atomic mass is 10.1. The number of carbonyl (C=O) groups is 1. The molecule has 0 amide bonds. The number of methoxy groups -OCH3 is 1. The van der Waals surface area contributed by atoms with E-state index in [0.717, 1.165) is 28.7 Å². The zero-order chi connectivity index (χ0) is 17.9. The van der Waals surface area contributed by atoms with Gasteiger partial charge < -0.3 is 14.2 Å². The van der Waals surface area contributed by atoms with Crippen molar-refractivity contribution in [3.63, 3.8) is 0 Å². The standard InChI is InChI=1S/C20H24O4/c1-12(2)23-20-18(22-6)9-16(11-21)10-19(20)24-17-8-13(3)7-14(4)15(17)5/h7-12H,1-6H3. The van der Waals surface area contributed by atoms with E-state index in [1.165, 1.54) is 0 Å². The molecule has 128 valence electrons. The van der Waals surface area contributed by atoms with E-state index < -0.39 is 0 Å². The summed E-state index contributed by atoms with van der Waals surface area (Å²) in [6.45, 7) is 9.93. The normalized spacial score (nSPS) is 10.6. The van der Waals surface area contributed by atoms with Gasteiger partial charge in [-0.3, -0.25) is 4.79 Å². The van der Waals surface area contributed by atoms with Crippen LogP contribution in [0.4, 0.5) is 0 Å². The summed E-state index contributed by atoms with van der Waals surface area (Å²) in [5.41, 5.74) is 3.78. The van der Waals surface area contributed by atoms with Gasteiger partial charge in [0.2, 0.25) is 5.75 Å². The summed E-state index contributed by atoms with van der Waals surface area (Å²) in [7, 11) is 1.54. The summed E-state index contributed by atoms with van der Waals surface area (Å²) < 4.78 is 17.4. The molecule has 0 bridgehead atoms. The molecule has 2 rings (SSSR count). The van der Waals surface area contributed by atoms with Crippen molar-refractivity contribution >= 4 is 6.29 Å². The van der Waals surface area contributed by atoms with Crippen molar-refractivity contribution in [1.82, 2.24) is 0 Å². The predicted molar refractivity (Wildman–Crippen MR) is 94.9 cm³/mol. The molecule has 0 saturated carbocycles. The smallest absolute Gasteiger partial charge is 0.204 e. The summed E-state index contributed by atoms with van der Waals surface area (Å²) in [5.74, 6) is 2.19. The molecule has 4 nitrogen and oxygen atoms in total. The van der Waals surface area contributed by atoms with Crippen molar-refractivity contribution in [2.24, 2.45) is 0 Å². The molecule has 0 heterocycles. The minimum atomic E-state index is -0.0522. The van der Waals surface area contributed by atoms with Gasteiger partial charge in [-0.05, 0) is 69.5 Å². The topological polar surface area (TPSA) is 44.8 Å². The van der Waals surface area contributed by atoms with E-state index in [0.29, 0.717) is 22.8 Å². The average molecular weight is 328 g/mol. The summed E-state index contributed by atoms with van der Waals surface area (Å²) in [6, 6.07) is 7.40. The van der Waals surface area contributed by atoms with Crippen molar-refractivity contribution in [2.45, 2.75) is 40.7 Å². The molecule has 0 aliphatic heterocycles. The van der Waals surface area contributed by atoms with E-state index in [2.05, 4.69) is 6.07 Å². The second kappa shape index (κ2) is 7.39. The van der Waals surface area contributed by atoms with Gasteiger partial charge in [-0.2, -0.15) is 0 Å². The monoisotopic (exact) mass is 328 g/mol. The highest BCUT2D eigenvalue weighted by Crippen LogP contribution is 2.42. The SMILES string of the molecule is COc1cc(C=O)cc(Oc2cc(C)cc(C)c2C)c1OC(C)C. The second-order valence-electron chi connectivity index (χ2n) is 6.14. The molecule has 24 heavy (non-hydrogen) atoms. The number of carbonyl (C=O) groups excluding carboxylic acids is 1. The maximum atomic E-state index is 11.2. The van der Waals surface area contributed by atoms with Crippen LogP contribution >= 0.6 is 0 Å². The lowest BCUT2D eigenvalue weighted by Gasteiger charge is -2.19. The first-order chi connectivity index (χ1) is 11.3. The number of aldehydes is 1. The molecule has 0 spiro atoms. The van der Waals surface area contributed by atoms with Gasteiger partial charge in [-0.1, -0.05) is 6.07 Å². The third-order valence-electron chi connectivity index (χ3n) is 3.74. The van der Waals surface area contributed by atoms with Crippen LogP contribution in [0.2, 0.25) is 0 Å². The van der Waals surface area contributed by atoms with Crippen molar-refractivity contribution in [3.8, 4) is 23.0 Å². The molecule has 0 unspecified atom stereocenters. The van der Waals surface area contributed by atoms with Crippen molar-refractivity contribution in [2.75, 3.05) is 7.11 Å². The van der Waals surface area contributed by atoms with Crippen LogP contribution in [-0.2, 0) is 0 Å². The Balaban J connectivity index is 2.57. The Bertz CT molecular complexity index is 748. The summed E-state index contributed by atoms with van der Waals surface area (Å²) >= 11 is 0. The van der Waals surface area contributed by atoms with E-state index in [1.807, 2.05) is 40.7 Å². The number of benzene rings is 2. The number of aryl methyl sites for hydroxylation is 2. The maximum Gasteiger partial charge on any atom is 0.204 e. The number of ether oxygens (including phenoxy) is 3. The van der Waals surface area contributed by atoms with Crippen LogP contribution in [-0.4, -0.2) is 19.5 Å². The molecule has 0 aliphatic rings. The molecular weight excluding hydrogens is 304 g/mol. The minimum Gasteiger partial charge on any atom is -0.493 e. The lowest BCUT2D eigenvalue weighted by molar-refractivity contribution is 0.112. The third-order valence-corrected chi connectivity index (χ3v) is 3.74. The maximum absolute atomic E-state index is 11.2. The molecule has 2 aromatic carbocycles. The van der Waals surface area contributed by atoms with Crippen LogP contribution in [0.5, 0.6) is 23.0 Å². The molecule has 2 aromatic rings. The number of hydrogen-bond donors (Lipinski definition) is 0. The first kappa shape index (κ1) is 17.9. The van der Waals surface area contributed by atoms with Gasteiger partial charge in [-0.15, -0.1) is 0 Å². The Hall–Kier alpha value is -2.49. The lowest BCUT2D eigenvalue weighted by Crippen LogP contribution is -2.08. The third kappa shape index (κ3) is 3.88. The van der Waals surface area contributed by atoms with E-state index in [-0.39, 0.29) is 6.10 Å². The largest absolute Gasteiger partial charge is 0.493 e. The summed E-state index contributed by atoms with van der Waals surface area (Å²) in [5, 5.41) is 0. The average Bonchev–Trinajstić information content (AvgIpc) is 2.52. The van der Waals surface area contributed by atoms with Gasteiger partial charge in [0.05, 0.1) is 13.2 Å². The second-order valence-corrected chi connectivity index (χ2v) is 6.14. The van der Waals surface area contributed by atoms with Crippen LogP contribution < -0.4 is 14.2 Å². The fourth-order valence-corrected chi connectivity index (χ4v) is 2.47. The van der Waals surface area contributed by atoms with E-state index in [1.54, 1.807) is 19.2 Å². The van der Waals surface area contributed by atoms with Gasteiger partial charge >= 0.3 is 0 Å². The predicted octanol–water partition coefficient (Wildman–Crippen LogP) is 5.01. The Kier molecular flexibility index (Phi) is 5.50. The van der Waals surface area contributed by atoms with E-state index in [9.17, 15) is 4.79 Å². The van der Waals surface area contributed by atoms with Crippen LogP contribution in [0.1, 0.15) is 40.9 Å². The molecular formula is C20H24O4. The van der Waals surface area contributed by atoms with Gasteiger partial charge in [0, 0.05) is 5.56 Å². The fraction of sp³-hybridized carbons (Fsp3) is 0.350. The van der Waals surface area contributed by atoms with Crippen LogP contribution in [0.15, 0.2) is 24.3 Å². The zero-order valence-corrected chi connectivity index (χ0v) is 15.1. The molecule has 0 aromatic heterocycles.